The zero-order valence-corrected chi connectivity index (χ0v) is 20.4. The van der Waals surface area contributed by atoms with Gasteiger partial charge >= 0.3 is 0 Å². The Kier molecular flexibility index (Phi) is 6.47. The molecule has 0 spiro atoms. The third-order valence-corrected chi connectivity index (χ3v) is 6.99. The largest absolute Gasteiger partial charge is 0.383 e. The van der Waals surface area contributed by atoms with Crippen LogP contribution in [0.25, 0.3) is 11.0 Å². The molecule has 1 aliphatic carbocycles. The van der Waals surface area contributed by atoms with Crippen LogP contribution >= 0.6 is 0 Å². The lowest BCUT2D eigenvalue weighted by atomic mass is 10.1. The van der Waals surface area contributed by atoms with Crippen LogP contribution in [0.1, 0.15) is 60.3 Å². The number of hydrogen-bond donors (Lipinski definition) is 2. The molecule has 3 heterocycles. The Bertz CT molecular complexity index is 1380. The Balaban J connectivity index is 1.62. The van der Waals surface area contributed by atoms with Gasteiger partial charge in [0.1, 0.15) is 23.5 Å². The zero-order valence-electron chi connectivity index (χ0n) is 20.4. The Morgan fingerprint density at radius 1 is 1.25 bits per heavy atom. The molecule has 1 saturated heterocycles. The summed E-state index contributed by atoms with van der Waals surface area (Å²) in [5.41, 5.74) is 8.87. The molecule has 3 N–H and O–H groups in total. The fourth-order valence-corrected chi connectivity index (χ4v) is 4.97. The number of amides is 2. The van der Waals surface area contributed by atoms with E-state index >= 15 is 0 Å². The van der Waals surface area contributed by atoms with E-state index in [9.17, 15) is 9.59 Å². The van der Waals surface area contributed by atoms with Crippen LogP contribution in [0.2, 0.25) is 0 Å². The highest BCUT2D eigenvalue weighted by Gasteiger charge is 2.37. The summed E-state index contributed by atoms with van der Waals surface area (Å²) in [7, 11) is 0. The Labute approximate surface area is 210 Å². The van der Waals surface area contributed by atoms with Crippen molar-refractivity contribution in [3.63, 3.8) is 0 Å². The second-order valence-corrected chi connectivity index (χ2v) is 9.41. The van der Waals surface area contributed by atoms with E-state index in [0.717, 1.165) is 31.2 Å². The highest BCUT2D eigenvalue weighted by molar-refractivity contribution is 6.11. The molecule has 8 heteroatoms. The standard InChI is InChI=1S/C28H30N6O2/c1-3-20-14-21(16-33(20)23(35)4-2)34-22(13-12-18-10-11-18)24(25-26(29)31-17-32-27(25)34)28(36)30-15-19-8-6-5-7-9-19/h4-9,17-18,20-21H,2-3,10-11,14-16H2,1H3,(H,30,36)(H2,29,31,32)/t20-,21?/m0/s1. The number of benzene rings is 1. The predicted octanol–water partition coefficient (Wildman–Crippen LogP) is 3.44. The molecule has 0 bridgehead atoms. The summed E-state index contributed by atoms with van der Waals surface area (Å²) >= 11 is 0. The highest BCUT2D eigenvalue weighted by atomic mass is 16.2. The van der Waals surface area contributed by atoms with E-state index < -0.39 is 0 Å². The zero-order chi connectivity index (χ0) is 25.2. The van der Waals surface area contributed by atoms with Gasteiger partial charge in [-0.15, -0.1) is 0 Å². The Hall–Kier alpha value is -4.12. The van der Waals surface area contributed by atoms with E-state index in [-0.39, 0.29) is 29.7 Å². The van der Waals surface area contributed by atoms with Gasteiger partial charge < -0.3 is 20.5 Å². The predicted molar refractivity (Wildman–Crippen MR) is 139 cm³/mol. The first-order chi connectivity index (χ1) is 17.5. The average molecular weight is 483 g/mol. The molecule has 8 nitrogen and oxygen atoms in total. The monoisotopic (exact) mass is 482 g/mol. The van der Waals surface area contributed by atoms with Gasteiger partial charge in [-0.2, -0.15) is 0 Å². The van der Waals surface area contributed by atoms with Crippen molar-refractivity contribution in [2.45, 2.75) is 51.2 Å². The summed E-state index contributed by atoms with van der Waals surface area (Å²) in [5.74, 6) is 6.84. The first-order valence-electron chi connectivity index (χ1n) is 12.4. The molecule has 1 aromatic carbocycles. The molecule has 184 valence electrons. The minimum atomic E-state index is -0.270. The maximum Gasteiger partial charge on any atom is 0.255 e. The number of hydrogen-bond acceptors (Lipinski definition) is 5. The number of aromatic nitrogens is 3. The van der Waals surface area contributed by atoms with Gasteiger partial charge in [-0.3, -0.25) is 9.59 Å². The van der Waals surface area contributed by atoms with Gasteiger partial charge in [0.15, 0.2) is 0 Å². The highest BCUT2D eigenvalue weighted by Crippen LogP contribution is 2.37. The van der Waals surface area contributed by atoms with Crippen molar-refractivity contribution in [2.75, 3.05) is 12.3 Å². The molecule has 1 aliphatic heterocycles. The number of fused-ring (bicyclic) bond motifs is 1. The van der Waals surface area contributed by atoms with E-state index in [1.807, 2.05) is 39.8 Å². The first-order valence-corrected chi connectivity index (χ1v) is 12.4. The second-order valence-electron chi connectivity index (χ2n) is 9.41. The minimum absolute atomic E-state index is 0.0664. The molecule has 2 amide bonds. The third kappa shape index (κ3) is 4.44. The van der Waals surface area contributed by atoms with Gasteiger partial charge in [-0.05, 0) is 43.2 Å². The van der Waals surface area contributed by atoms with Crippen LogP contribution in [0, 0.1) is 17.8 Å². The van der Waals surface area contributed by atoms with Gasteiger partial charge in [0.25, 0.3) is 5.91 Å². The normalized spacial score (nSPS) is 19.1. The number of nitrogens with zero attached hydrogens (tertiary/aromatic N) is 4. The molecular weight excluding hydrogens is 452 g/mol. The average Bonchev–Trinajstić information content (AvgIpc) is 3.53. The van der Waals surface area contributed by atoms with E-state index in [0.29, 0.717) is 41.3 Å². The number of likely N-dealkylation sites (tertiary alicyclic amines) is 1. The van der Waals surface area contributed by atoms with E-state index in [1.165, 1.54) is 12.4 Å². The number of rotatable bonds is 6. The van der Waals surface area contributed by atoms with E-state index in [2.05, 4.69) is 40.6 Å². The molecular formula is C28H30N6O2. The summed E-state index contributed by atoms with van der Waals surface area (Å²) in [6, 6.07) is 9.70. The molecule has 2 aliphatic rings. The molecule has 0 radical (unpaired) electrons. The topological polar surface area (TPSA) is 106 Å². The molecule has 5 rings (SSSR count). The van der Waals surface area contributed by atoms with Crippen LogP contribution in [0.3, 0.4) is 0 Å². The maximum atomic E-state index is 13.7. The van der Waals surface area contributed by atoms with Crippen LogP contribution < -0.4 is 11.1 Å². The lowest BCUT2D eigenvalue weighted by Gasteiger charge is -2.21. The summed E-state index contributed by atoms with van der Waals surface area (Å²) in [6.45, 7) is 6.60. The first kappa shape index (κ1) is 23.6. The quantitative estimate of drug-likeness (QED) is 0.414. The second kappa shape index (κ2) is 9.86. The molecule has 36 heavy (non-hydrogen) atoms. The van der Waals surface area contributed by atoms with Crippen molar-refractivity contribution in [1.29, 1.82) is 0 Å². The molecule has 3 aromatic rings. The fraction of sp³-hybridized carbons (Fsp3) is 0.357. The summed E-state index contributed by atoms with van der Waals surface area (Å²) in [5, 5.41) is 3.53. The van der Waals surface area contributed by atoms with Crippen molar-refractivity contribution < 1.29 is 9.59 Å². The number of nitrogens with two attached hydrogens (primary N) is 1. The summed E-state index contributed by atoms with van der Waals surface area (Å²) < 4.78 is 2.01. The molecule has 1 saturated carbocycles. The number of carbonyl (C=O) groups is 2. The Morgan fingerprint density at radius 3 is 2.72 bits per heavy atom. The van der Waals surface area contributed by atoms with Gasteiger partial charge in [0.2, 0.25) is 5.91 Å². The van der Waals surface area contributed by atoms with Crippen LogP contribution in [0.15, 0.2) is 49.3 Å². The van der Waals surface area contributed by atoms with Crippen LogP contribution in [-0.4, -0.2) is 43.8 Å². The van der Waals surface area contributed by atoms with Crippen molar-refractivity contribution in [3.05, 3.63) is 66.1 Å². The van der Waals surface area contributed by atoms with Gasteiger partial charge in [0, 0.05) is 25.0 Å². The van der Waals surface area contributed by atoms with Gasteiger partial charge in [0.05, 0.1) is 17.0 Å². The van der Waals surface area contributed by atoms with Crippen molar-refractivity contribution >= 4 is 28.7 Å². The number of nitrogens with one attached hydrogen (secondary N) is 1. The van der Waals surface area contributed by atoms with Crippen LogP contribution in [0.5, 0.6) is 0 Å². The van der Waals surface area contributed by atoms with Gasteiger partial charge in [-0.1, -0.05) is 49.8 Å². The van der Waals surface area contributed by atoms with E-state index in [1.54, 1.807) is 0 Å². The van der Waals surface area contributed by atoms with Crippen molar-refractivity contribution in [1.82, 2.24) is 24.8 Å². The minimum Gasteiger partial charge on any atom is -0.383 e. The van der Waals surface area contributed by atoms with Crippen LogP contribution in [-0.2, 0) is 11.3 Å². The number of carbonyl (C=O) groups excluding carboxylic acids is 2. The lowest BCUT2D eigenvalue weighted by Crippen LogP contribution is -2.34. The lowest BCUT2D eigenvalue weighted by molar-refractivity contribution is -0.126. The fourth-order valence-electron chi connectivity index (χ4n) is 4.97. The maximum absolute atomic E-state index is 13.7. The molecule has 2 atom stereocenters. The number of anilines is 1. The number of nitrogen functional groups attached to an aromatic ring is 1. The Morgan fingerprint density at radius 2 is 2.03 bits per heavy atom. The van der Waals surface area contributed by atoms with Crippen LogP contribution in [0.4, 0.5) is 5.82 Å². The van der Waals surface area contributed by atoms with Crippen molar-refractivity contribution in [2.24, 2.45) is 5.92 Å². The molecule has 1 unspecified atom stereocenters. The molecule has 2 fully saturated rings. The summed E-state index contributed by atoms with van der Waals surface area (Å²) in [6.07, 6.45) is 6.44. The molecule has 2 aromatic heterocycles. The SMILES string of the molecule is C=CC(=O)N1CC(n2c(C#CC3CC3)c(C(=O)NCc3ccccc3)c3c(N)ncnc32)C[C@@H]1CC. The van der Waals surface area contributed by atoms with Crippen molar-refractivity contribution in [3.8, 4) is 11.8 Å². The van der Waals surface area contributed by atoms with E-state index in [4.69, 9.17) is 5.73 Å². The summed E-state index contributed by atoms with van der Waals surface area (Å²) in [4.78, 5) is 36.8. The smallest absolute Gasteiger partial charge is 0.255 e. The van der Waals surface area contributed by atoms with Gasteiger partial charge in [-0.25, -0.2) is 9.97 Å². The third-order valence-electron chi connectivity index (χ3n) is 6.99.